The van der Waals surface area contributed by atoms with Gasteiger partial charge in [-0.05, 0) is 134 Å². The zero-order valence-corrected chi connectivity index (χ0v) is 44.3. The standard InChI is InChI=1S/C26H27Cl2N3O2S.C22H20Cl2N2O2S.C4H9NO/c1-15(2)20-21(23(32)30-13-25(3,33)14-30)34-24-29-26(4,17-7-11-19(28)12-8-17)22(31(20)24)16-5-9-18(27)10-6-16;1-12(2)17-18(20(27)28)29-21-25-22(3,14-6-10-16(24)11-7-14)19(26(17)21)13-4-8-15(23)9-5-13;1-4(6)2-5-3-4/h5-12,15,22,33H,13-14H2,1-4H3;4-12,19H,1-3H3,(H,27,28);5-6H,2-3H2,1H3. The van der Waals surface area contributed by atoms with E-state index in [1.807, 2.05) is 118 Å². The summed E-state index contributed by atoms with van der Waals surface area (Å²) in [5.74, 6) is -0.828. The molecule has 69 heavy (non-hydrogen) atoms. The molecule has 6 aliphatic heterocycles. The number of thioether (sulfide) groups is 2. The fourth-order valence-corrected chi connectivity index (χ4v) is 12.8. The van der Waals surface area contributed by atoms with E-state index in [-0.39, 0.29) is 35.4 Å². The van der Waals surface area contributed by atoms with Crippen molar-refractivity contribution in [1.29, 1.82) is 0 Å². The van der Waals surface area contributed by atoms with Crippen LogP contribution in [-0.2, 0) is 20.7 Å². The molecular weight excluding hydrogens is 995 g/mol. The molecule has 6 heterocycles. The zero-order valence-electron chi connectivity index (χ0n) is 39.6. The van der Waals surface area contributed by atoms with E-state index < -0.39 is 22.6 Å². The van der Waals surface area contributed by atoms with E-state index in [9.17, 15) is 19.8 Å². The summed E-state index contributed by atoms with van der Waals surface area (Å²) in [7, 11) is 0. The summed E-state index contributed by atoms with van der Waals surface area (Å²) in [5.41, 5.74) is 3.52. The van der Waals surface area contributed by atoms with E-state index >= 15 is 0 Å². The van der Waals surface area contributed by atoms with Crippen LogP contribution < -0.4 is 5.32 Å². The third-order valence-corrected chi connectivity index (χ3v) is 16.2. The number of fused-ring (bicyclic) bond motifs is 2. The Kier molecular flexibility index (Phi) is 14.5. The van der Waals surface area contributed by atoms with Crippen LogP contribution in [0.1, 0.15) is 89.7 Å². The van der Waals surface area contributed by atoms with Crippen molar-refractivity contribution in [3.8, 4) is 0 Å². The van der Waals surface area contributed by atoms with Gasteiger partial charge in [-0.15, -0.1) is 0 Å². The minimum absolute atomic E-state index is 0.0312. The highest BCUT2D eigenvalue weighted by atomic mass is 35.5. The van der Waals surface area contributed by atoms with Gasteiger partial charge in [0.05, 0.1) is 36.4 Å². The minimum Gasteiger partial charge on any atom is -0.477 e. The average molecular weight is 1050 g/mol. The lowest BCUT2D eigenvalue weighted by Crippen LogP contribution is -2.61. The molecule has 364 valence electrons. The molecule has 0 spiro atoms. The molecule has 4 aromatic rings. The molecular formula is C52H56Cl4N6O5S2. The van der Waals surface area contributed by atoms with Crippen LogP contribution in [0.3, 0.4) is 0 Å². The van der Waals surface area contributed by atoms with Crippen LogP contribution in [0, 0.1) is 11.8 Å². The summed E-state index contributed by atoms with van der Waals surface area (Å²) in [4.78, 5) is 42.7. The summed E-state index contributed by atoms with van der Waals surface area (Å²) in [5, 5.41) is 35.9. The Morgan fingerprint density at radius 2 is 0.928 bits per heavy atom. The van der Waals surface area contributed by atoms with Crippen LogP contribution in [0.5, 0.6) is 0 Å². The molecule has 10 rings (SSSR count). The number of rotatable bonds is 8. The van der Waals surface area contributed by atoms with Gasteiger partial charge in [0.25, 0.3) is 5.91 Å². The van der Waals surface area contributed by atoms with Gasteiger partial charge in [-0.1, -0.05) is 123 Å². The normalized spacial score (nSPS) is 25.0. The second-order valence-corrected chi connectivity index (χ2v) is 23.5. The Morgan fingerprint density at radius 1 is 0.594 bits per heavy atom. The predicted octanol–water partition coefficient (Wildman–Crippen LogP) is 11.5. The maximum absolute atomic E-state index is 13.4. The molecule has 1 amide bonds. The third kappa shape index (κ3) is 10.1. The Bertz CT molecular complexity index is 2750. The van der Waals surface area contributed by atoms with Crippen molar-refractivity contribution in [3.63, 3.8) is 0 Å². The Balaban J connectivity index is 0.000000167. The fourth-order valence-electron chi connectivity index (χ4n) is 9.68. The van der Waals surface area contributed by atoms with Gasteiger partial charge in [-0.25, -0.2) is 14.8 Å². The number of hydrogen-bond donors (Lipinski definition) is 4. The Labute approximate surface area is 432 Å². The van der Waals surface area contributed by atoms with Crippen LogP contribution in [0.2, 0.25) is 20.1 Å². The smallest absolute Gasteiger partial charge is 0.344 e. The number of aliphatic imine (C=N–C) groups is 2. The van der Waals surface area contributed by atoms with E-state index in [0.717, 1.165) is 51.9 Å². The van der Waals surface area contributed by atoms with Gasteiger partial charge in [-0.2, -0.15) is 0 Å². The summed E-state index contributed by atoms with van der Waals surface area (Å²) < 4.78 is 0. The SMILES string of the molecule is CC(C)C1=C(C(=O)N2CC(C)(O)C2)SC2=NC(C)(c3ccc(Cl)cc3)C(c3ccc(Cl)cc3)N21.CC(C)C1=C(C(=O)O)SC2=NC(C)(c3ccc(Cl)cc3)C(c3ccc(Cl)cc3)N21.CC1(O)CNC1. The van der Waals surface area contributed by atoms with Crippen molar-refractivity contribution in [2.45, 2.75) is 89.8 Å². The number of nitrogens with one attached hydrogen (secondary N) is 1. The lowest BCUT2D eigenvalue weighted by Gasteiger charge is -2.44. The summed E-state index contributed by atoms with van der Waals surface area (Å²) in [6.45, 7) is 18.2. The molecule has 0 saturated carbocycles. The van der Waals surface area contributed by atoms with Crippen molar-refractivity contribution in [2.75, 3.05) is 26.2 Å². The Hall–Kier alpha value is -4.02. The highest BCUT2D eigenvalue weighted by molar-refractivity contribution is 8.18. The molecule has 0 aliphatic carbocycles. The van der Waals surface area contributed by atoms with Crippen LogP contribution in [0.15, 0.2) is 128 Å². The number of likely N-dealkylation sites (tertiary alicyclic amines) is 1. The number of benzene rings is 4. The highest BCUT2D eigenvalue weighted by Crippen LogP contribution is 2.58. The number of halogens is 4. The van der Waals surface area contributed by atoms with Crippen molar-refractivity contribution in [2.24, 2.45) is 21.8 Å². The van der Waals surface area contributed by atoms with Crippen LogP contribution in [0.25, 0.3) is 0 Å². The quantitative estimate of drug-likeness (QED) is 0.135. The molecule has 6 aliphatic rings. The van der Waals surface area contributed by atoms with E-state index in [1.54, 1.807) is 11.8 Å². The number of nitrogens with zero attached hydrogens (tertiary/aromatic N) is 5. The fraction of sp³-hybridized carbons (Fsp3) is 0.385. The number of hydrogen-bond acceptors (Lipinski definition) is 11. The topological polar surface area (TPSA) is 141 Å². The first-order valence-electron chi connectivity index (χ1n) is 22.8. The van der Waals surface area contributed by atoms with Gasteiger partial charge in [0.15, 0.2) is 10.3 Å². The number of amides is 1. The van der Waals surface area contributed by atoms with Crippen molar-refractivity contribution >= 4 is 92.1 Å². The lowest BCUT2D eigenvalue weighted by molar-refractivity contribution is -0.147. The van der Waals surface area contributed by atoms with Crippen LogP contribution in [-0.4, -0.2) is 89.6 Å². The molecule has 2 fully saturated rings. The molecule has 4 atom stereocenters. The molecule has 11 nitrogen and oxygen atoms in total. The molecule has 4 unspecified atom stereocenters. The maximum Gasteiger partial charge on any atom is 0.344 e. The first kappa shape index (κ1) is 51.3. The molecule has 0 radical (unpaired) electrons. The number of aliphatic hydroxyl groups is 2. The minimum atomic E-state index is -0.918. The summed E-state index contributed by atoms with van der Waals surface area (Å²) in [6.07, 6.45) is 0. The summed E-state index contributed by atoms with van der Waals surface area (Å²) >= 11 is 27.3. The molecule has 17 heteroatoms. The van der Waals surface area contributed by atoms with Gasteiger partial charge in [-0.3, -0.25) is 4.79 Å². The second kappa shape index (κ2) is 19.5. The molecule has 0 bridgehead atoms. The molecule has 2 saturated heterocycles. The number of β-amino-alcohol motifs (C(OH)–C–C–N with tert-alkyl or cyclic N) is 2. The molecule has 0 aromatic heterocycles. The van der Waals surface area contributed by atoms with Gasteiger partial charge < -0.3 is 35.3 Å². The number of carbonyl (C=O) groups is 2. The first-order valence-corrected chi connectivity index (χ1v) is 25.9. The number of carboxylic acids is 1. The second-order valence-electron chi connectivity index (χ2n) is 19.8. The Morgan fingerprint density at radius 3 is 1.23 bits per heavy atom. The average Bonchev–Trinajstić information content (AvgIpc) is 3.99. The van der Waals surface area contributed by atoms with E-state index in [4.69, 9.17) is 61.5 Å². The van der Waals surface area contributed by atoms with E-state index in [1.165, 1.54) is 23.5 Å². The molecule has 4 aromatic carbocycles. The van der Waals surface area contributed by atoms with Crippen molar-refractivity contribution < 1.29 is 24.9 Å². The van der Waals surface area contributed by atoms with E-state index in [0.29, 0.717) is 48.2 Å². The highest BCUT2D eigenvalue weighted by Gasteiger charge is 2.55. The largest absolute Gasteiger partial charge is 0.477 e. The van der Waals surface area contributed by atoms with Gasteiger partial charge in [0.1, 0.15) is 20.9 Å². The monoisotopic (exact) mass is 1050 g/mol. The number of amidine groups is 2. The van der Waals surface area contributed by atoms with Crippen LogP contribution >= 0.6 is 69.9 Å². The number of aliphatic carboxylic acids is 1. The number of carbonyl (C=O) groups excluding carboxylic acids is 1. The van der Waals surface area contributed by atoms with Crippen molar-refractivity contribution in [3.05, 3.63) is 161 Å². The lowest BCUT2D eigenvalue weighted by atomic mass is 9.81. The number of allylic oxidation sites excluding steroid dienone is 2. The van der Waals surface area contributed by atoms with E-state index in [2.05, 4.69) is 42.8 Å². The van der Waals surface area contributed by atoms with Gasteiger partial charge >= 0.3 is 5.97 Å². The van der Waals surface area contributed by atoms with Gasteiger partial charge in [0, 0.05) is 44.6 Å². The predicted molar refractivity (Wildman–Crippen MR) is 282 cm³/mol. The summed E-state index contributed by atoms with van der Waals surface area (Å²) in [6, 6.07) is 30.7. The maximum atomic E-state index is 13.4. The zero-order chi connectivity index (χ0) is 50.0. The number of carboxylic acid groups (broad SMARTS) is 1. The van der Waals surface area contributed by atoms with Crippen LogP contribution in [0.4, 0.5) is 0 Å². The molecule has 4 N–H and O–H groups in total. The van der Waals surface area contributed by atoms with Gasteiger partial charge in [0.2, 0.25) is 0 Å². The first-order chi connectivity index (χ1) is 32.4. The third-order valence-electron chi connectivity index (χ3n) is 13.1. The van der Waals surface area contributed by atoms with Crippen molar-refractivity contribution in [1.82, 2.24) is 20.0 Å².